The van der Waals surface area contributed by atoms with Crippen molar-refractivity contribution < 1.29 is 9.59 Å². The molecule has 0 radical (unpaired) electrons. The van der Waals surface area contributed by atoms with E-state index in [2.05, 4.69) is 5.32 Å². The van der Waals surface area contributed by atoms with Gasteiger partial charge in [0.25, 0.3) is 0 Å². The molecule has 3 rings (SSSR count). The van der Waals surface area contributed by atoms with Crippen LogP contribution in [0.5, 0.6) is 0 Å². The second-order valence-corrected chi connectivity index (χ2v) is 9.92. The normalized spacial score (nSPS) is 11.6. The first-order chi connectivity index (χ1) is 16.5. The Labute approximate surface area is 215 Å². The SMILES string of the molecule is CNC(=O)[C@@H](Cc1ccccc1)N(Cc1ccc(Cl)cc1)C(=O)CCCSc1ccc(Cl)cc1. The lowest BCUT2D eigenvalue weighted by Gasteiger charge is -2.31. The molecule has 0 aliphatic heterocycles. The van der Waals surface area contributed by atoms with E-state index in [1.807, 2.05) is 66.7 Å². The fraction of sp³-hybridized carbons (Fsp3) is 0.259. The Hall–Kier alpha value is -2.47. The van der Waals surface area contributed by atoms with Gasteiger partial charge in [0, 0.05) is 41.4 Å². The lowest BCUT2D eigenvalue weighted by atomic mass is 10.0. The Kier molecular flexibility index (Phi) is 10.3. The lowest BCUT2D eigenvalue weighted by molar-refractivity contribution is -0.141. The van der Waals surface area contributed by atoms with E-state index >= 15 is 0 Å². The van der Waals surface area contributed by atoms with E-state index in [0.717, 1.165) is 21.8 Å². The van der Waals surface area contributed by atoms with Crippen LogP contribution in [0.15, 0.2) is 83.8 Å². The molecule has 2 amide bonds. The van der Waals surface area contributed by atoms with Gasteiger partial charge in [-0.2, -0.15) is 0 Å². The monoisotopic (exact) mass is 514 g/mol. The lowest BCUT2D eigenvalue weighted by Crippen LogP contribution is -2.49. The molecule has 0 saturated carbocycles. The summed E-state index contributed by atoms with van der Waals surface area (Å²) in [6.07, 6.45) is 1.50. The van der Waals surface area contributed by atoms with Gasteiger partial charge in [0.15, 0.2) is 0 Å². The molecule has 0 bridgehead atoms. The van der Waals surface area contributed by atoms with Crippen LogP contribution in [0.4, 0.5) is 0 Å². The minimum absolute atomic E-state index is 0.0452. The van der Waals surface area contributed by atoms with Crippen molar-refractivity contribution in [3.05, 3.63) is 100 Å². The summed E-state index contributed by atoms with van der Waals surface area (Å²) in [5.41, 5.74) is 1.93. The van der Waals surface area contributed by atoms with Gasteiger partial charge >= 0.3 is 0 Å². The number of carbonyl (C=O) groups is 2. The minimum Gasteiger partial charge on any atom is -0.357 e. The highest BCUT2D eigenvalue weighted by Gasteiger charge is 2.29. The molecule has 0 fully saturated rings. The number of halogens is 2. The largest absolute Gasteiger partial charge is 0.357 e. The number of nitrogens with zero attached hydrogens (tertiary/aromatic N) is 1. The molecule has 0 spiro atoms. The van der Waals surface area contributed by atoms with Gasteiger partial charge in [-0.25, -0.2) is 0 Å². The molecule has 3 aromatic rings. The van der Waals surface area contributed by atoms with Crippen molar-refractivity contribution in [3.8, 4) is 0 Å². The number of hydrogen-bond donors (Lipinski definition) is 1. The van der Waals surface area contributed by atoms with Crippen molar-refractivity contribution in [3.63, 3.8) is 0 Å². The fourth-order valence-electron chi connectivity index (χ4n) is 3.59. The highest BCUT2D eigenvalue weighted by atomic mass is 35.5. The van der Waals surface area contributed by atoms with E-state index < -0.39 is 6.04 Å². The predicted molar refractivity (Wildman–Crippen MR) is 141 cm³/mol. The maximum Gasteiger partial charge on any atom is 0.242 e. The molecule has 0 aromatic heterocycles. The van der Waals surface area contributed by atoms with Crippen LogP contribution in [0.25, 0.3) is 0 Å². The molecular weight excluding hydrogens is 487 g/mol. The Morgan fingerprint density at radius 3 is 2.12 bits per heavy atom. The van der Waals surface area contributed by atoms with Crippen LogP contribution >= 0.6 is 35.0 Å². The first-order valence-corrected chi connectivity index (χ1v) is 12.9. The molecular formula is C27H28Cl2N2O2S. The second kappa shape index (κ2) is 13.4. The third-order valence-electron chi connectivity index (χ3n) is 5.40. The zero-order valence-electron chi connectivity index (χ0n) is 19.0. The van der Waals surface area contributed by atoms with Crippen molar-refractivity contribution in [2.45, 2.75) is 36.7 Å². The van der Waals surface area contributed by atoms with Crippen LogP contribution in [0.2, 0.25) is 10.0 Å². The zero-order chi connectivity index (χ0) is 24.3. The molecule has 0 aliphatic carbocycles. The van der Waals surface area contributed by atoms with Crippen molar-refractivity contribution in [1.82, 2.24) is 10.2 Å². The van der Waals surface area contributed by atoms with Crippen molar-refractivity contribution in [2.75, 3.05) is 12.8 Å². The Morgan fingerprint density at radius 1 is 0.882 bits per heavy atom. The van der Waals surface area contributed by atoms with Gasteiger partial charge < -0.3 is 10.2 Å². The summed E-state index contributed by atoms with van der Waals surface area (Å²) in [7, 11) is 1.61. The highest BCUT2D eigenvalue weighted by Crippen LogP contribution is 2.23. The second-order valence-electron chi connectivity index (χ2n) is 7.87. The van der Waals surface area contributed by atoms with Crippen LogP contribution in [0, 0.1) is 0 Å². The quantitative estimate of drug-likeness (QED) is 0.243. The molecule has 3 aromatic carbocycles. The number of hydrogen-bond acceptors (Lipinski definition) is 3. The number of carbonyl (C=O) groups excluding carboxylic acids is 2. The summed E-state index contributed by atoms with van der Waals surface area (Å²) in [6.45, 7) is 0.339. The molecule has 0 aliphatic rings. The molecule has 0 saturated heterocycles. The standard InChI is InChI=1S/C27H28Cl2N2O2S/c1-30-27(33)25(18-20-6-3-2-4-7-20)31(19-21-9-11-22(28)12-10-21)26(32)8-5-17-34-24-15-13-23(29)14-16-24/h2-4,6-7,9-16,25H,5,8,17-19H2,1H3,(H,30,33)/t25-/m1/s1. The van der Waals surface area contributed by atoms with Crippen LogP contribution in [0.1, 0.15) is 24.0 Å². The summed E-state index contributed by atoms with van der Waals surface area (Å²) in [5.74, 6) is 0.573. The smallest absolute Gasteiger partial charge is 0.242 e. The van der Waals surface area contributed by atoms with Gasteiger partial charge in [0.2, 0.25) is 11.8 Å². The summed E-state index contributed by atoms with van der Waals surface area (Å²) < 4.78 is 0. The maximum atomic E-state index is 13.4. The summed E-state index contributed by atoms with van der Waals surface area (Å²) in [6, 6.07) is 24.2. The Bertz CT molecular complexity index is 1060. The average molecular weight is 516 g/mol. The summed E-state index contributed by atoms with van der Waals surface area (Å²) in [5, 5.41) is 4.08. The van der Waals surface area contributed by atoms with E-state index in [1.165, 1.54) is 0 Å². The molecule has 4 nitrogen and oxygen atoms in total. The topological polar surface area (TPSA) is 49.4 Å². The third-order valence-corrected chi connectivity index (χ3v) is 7.00. The van der Waals surface area contributed by atoms with E-state index in [1.54, 1.807) is 35.8 Å². The van der Waals surface area contributed by atoms with Crippen LogP contribution in [-0.2, 0) is 22.6 Å². The van der Waals surface area contributed by atoms with Gasteiger partial charge in [-0.15, -0.1) is 11.8 Å². The van der Waals surface area contributed by atoms with E-state index in [9.17, 15) is 9.59 Å². The summed E-state index contributed by atoms with van der Waals surface area (Å²) >= 11 is 13.7. The number of thioether (sulfide) groups is 1. The van der Waals surface area contributed by atoms with E-state index in [0.29, 0.717) is 35.9 Å². The number of benzene rings is 3. The molecule has 1 N–H and O–H groups in total. The van der Waals surface area contributed by atoms with Crippen molar-refractivity contribution in [2.24, 2.45) is 0 Å². The van der Waals surface area contributed by atoms with E-state index in [-0.39, 0.29) is 11.8 Å². The van der Waals surface area contributed by atoms with Crippen LogP contribution in [-0.4, -0.2) is 35.6 Å². The van der Waals surface area contributed by atoms with Crippen molar-refractivity contribution >= 4 is 46.8 Å². The third kappa shape index (κ3) is 8.08. The first-order valence-electron chi connectivity index (χ1n) is 11.1. The molecule has 178 valence electrons. The van der Waals surface area contributed by atoms with Crippen LogP contribution in [0.3, 0.4) is 0 Å². The van der Waals surface area contributed by atoms with Gasteiger partial charge in [-0.1, -0.05) is 65.7 Å². The first kappa shape index (κ1) is 26.1. The summed E-state index contributed by atoms with van der Waals surface area (Å²) in [4.78, 5) is 29.1. The number of amides is 2. The van der Waals surface area contributed by atoms with E-state index in [4.69, 9.17) is 23.2 Å². The Balaban J connectivity index is 1.73. The number of rotatable bonds is 11. The maximum absolute atomic E-state index is 13.4. The van der Waals surface area contributed by atoms with Gasteiger partial charge in [-0.05, 0) is 59.7 Å². The molecule has 7 heteroatoms. The molecule has 34 heavy (non-hydrogen) atoms. The van der Waals surface area contributed by atoms with Crippen molar-refractivity contribution in [1.29, 1.82) is 0 Å². The zero-order valence-corrected chi connectivity index (χ0v) is 21.4. The average Bonchev–Trinajstić information content (AvgIpc) is 2.86. The number of likely N-dealkylation sites (N-methyl/N-ethyl adjacent to an activating group) is 1. The Morgan fingerprint density at radius 2 is 1.50 bits per heavy atom. The van der Waals surface area contributed by atoms with Gasteiger partial charge in [0.05, 0.1) is 0 Å². The van der Waals surface area contributed by atoms with Gasteiger partial charge in [0.1, 0.15) is 6.04 Å². The predicted octanol–water partition coefficient (Wildman–Crippen LogP) is 6.25. The fourth-order valence-corrected chi connectivity index (χ4v) is 4.70. The molecule has 1 atom stereocenters. The van der Waals surface area contributed by atoms with Gasteiger partial charge in [-0.3, -0.25) is 9.59 Å². The molecule has 0 unspecified atom stereocenters. The number of nitrogens with one attached hydrogen (secondary N) is 1. The molecule has 0 heterocycles. The minimum atomic E-state index is -0.612. The highest BCUT2D eigenvalue weighted by molar-refractivity contribution is 7.99. The van der Waals surface area contributed by atoms with Crippen LogP contribution < -0.4 is 5.32 Å².